The molecule has 8 amide bonds. The number of carbonyl (C=O) groups is 7. The number of piperidine rings is 1. The number of pyridine rings is 1. The van der Waals surface area contributed by atoms with Gasteiger partial charge in [0.2, 0.25) is 17.7 Å². The van der Waals surface area contributed by atoms with Crippen molar-refractivity contribution in [3.63, 3.8) is 0 Å². The molecule has 5 aromatic rings. The Morgan fingerprint density at radius 3 is 2.42 bits per heavy atom. The quantitative estimate of drug-likeness (QED) is 0.0455. The van der Waals surface area contributed by atoms with Crippen molar-refractivity contribution in [1.29, 1.82) is 0 Å². The van der Waals surface area contributed by atoms with Crippen molar-refractivity contribution in [1.82, 2.24) is 40.2 Å². The number of oxazole rings is 1. The van der Waals surface area contributed by atoms with Crippen LogP contribution in [-0.4, -0.2) is 161 Å². The van der Waals surface area contributed by atoms with Crippen molar-refractivity contribution in [2.75, 3.05) is 93.2 Å². The molecule has 71 heavy (non-hydrogen) atoms. The molecule has 3 aliphatic rings. The van der Waals surface area contributed by atoms with Gasteiger partial charge in [-0.15, -0.1) is 5.10 Å². The zero-order chi connectivity index (χ0) is 50.2. The van der Waals surface area contributed by atoms with E-state index in [-0.39, 0.29) is 130 Å². The first-order valence-corrected chi connectivity index (χ1v) is 22.1. The van der Waals surface area contributed by atoms with Crippen LogP contribution >= 0.6 is 0 Å². The number of alkyl halides is 3. The minimum atomic E-state index is -4.48. The number of fused-ring (bicyclic) bond motifs is 1. The maximum Gasteiger partial charge on any atom is 0.405 e. The first-order valence-electron chi connectivity index (χ1n) is 22.1. The fourth-order valence-corrected chi connectivity index (χ4v) is 7.79. The molecule has 1 atom stereocenters. The number of aliphatic hydroxyl groups is 1. The number of anilines is 4. The maximum atomic E-state index is 13.5. The number of carbonyl (C=O) groups excluding carboxylic acids is 7. The lowest BCUT2D eigenvalue weighted by molar-refractivity contribution is -0.136. The van der Waals surface area contributed by atoms with E-state index in [1.165, 1.54) is 45.1 Å². The van der Waals surface area contributed by atoms with Gasteiger partial charge in [0.25, 0.3) is 23.6 Å². The monoisotopic (exact) mass is 986 g/mol. The van der Waals surface area contributed by atoms with Crippen molar-refractivity contribution in [2.45, 2.75) is 25.1 Å². The topological polar surface area (TPSA) is 285 Å². The molecule has 372 valence electrons. The Morgan fingerprint density at radius 2 is 1.68 bits per heavy atom. The van der Waals surface area contributed by atoms with E-state index in [2.05, 4.69) is 41.7 Å². The number of β-amino-alcohol motifs (C(OH)–C–C–N with tert-alkyl or cyclic N) is 1. The summed E-state index contributed by atoms with van der Waals surface area (Å²) in [4.78, 5) is 102. The third-order valence-corrected chi connectivity index (χ3v) is 11.2. The smallest absolute Gasteiger partial charge is 0.405 e. The van der Waals surface area contributed by atoms with E-state index in [1.807, 2.05) is 0 Å². The van der Waals surface area contributed by atoms with Crippen LogP contribution in [0, 0.1) is 0 Å². The first-order chi connectivity index (χ1) is 34.2. The highest BCUT2D eigenvalue weighted by atomic mass is 19.4. The summed E-state index contributed by atoms with van der Waals surface area (Å²) in [5, 5.41) is 27.0. The standard InChI is InChI=1S/C45H45F3N12O11/c46-45(47,48)25-52-34-22-27(10-11-50-34)41-54-32(24-71-41)39(64)53-31-23-59(56-37(31)58-15-14-57(16-17-61)44(58)68)28-6-4-26(5-7-28)38(63)51-13-19-70-21-20-69-18-12-49-30-3-1-2-29-36(30)43(67)60(42(29)66)33-8-9-35(62)55-40(33)65/h1-7,10-11,22-24,33,49,61H,8-9,12-21,25H2,(H,50,52)(H,51,63)(H,53,64)(H,55,62,65). The van der Waals surface area contributed by atoms with Gasteiger partial charge in [0.1, 0.15) is 30.4 Å². The van der Waals surface area contributed by atoms with Crippen LogP contribution in [0.2, 0.25) is 0 Å². The van der Waals surface area contributed by atoms with E-state index < -0.39 is 54.3 Å². The summed E-state index contributed by atoms with van der Waals surface area (Å²) in [5.41, 5.74) is 1.66. The summed E-state index contributed by atoms with van der Waals surface area (Å²) in [6, 6.07) is 12.3. The number of hydrogen-bond donors (Lipinski definition) is 6. The van der Waals surface area contributed by atoms with Gasteiger partial charge in [-0.05, 0) is 55.0 Å². The lowest BCUT2D eigenvalue weighted by Crippen LogP contribution is -2.54. The summed E-state index contributed by atoms with van der Waals surface area (Å²) < 4.78 is 56.3. The zero-order valence-electron chi connectivity index (χ0n) is 37.5. The van der Waals surface area contributed by atoms with Gasteiger partial charge in [0, 0.05) is 62.2 Å². The van der Waals surface area contributed by atoms with E-state index in [4.69, 9.17) is 13.9 Å². The second kappa shape index (κ2) is 21.6. The van der Waals surface area contributed by atoms with Gasteiger partial charge >= 0.3 is 12.2 Å². The van der Waals surface area contributed by atoms with Crippen LogP contribution in [0.4, 0.5) is 41.0 Å². The molecule has 2 saturated heterocycles. The van der Waals surface area contributed by atoms with Crippen molar-refractivity contribution < 1.29 is 65.7 Å². The number of aromatic nitrogens is 4. The Bertz CT molecular complexity index is 2840. The number of rotatable bonds is 21. The summed E-state index contributed by atoms with van der Waals surface area (Å²) in [5.74, 6) is -3.58. The Kier molecular flexibility index (Phi) is 15.0. The van der Waals surface area contributed by atoms with Gasteiger partial charge in [0.15, 0.2) is 11.5 Å². The number of benzene rings is 2. The highest BCUT2D eigenvalue weighted by Gasteiger charge is 2.45. The van der Waals surface area contributed by atoms with Gasteiger partial charge < -0.3 is 45.2 Å². The lowest BCUT2D eigenvalue weighted by atomic mass is 10.0. The first kappa shape index (κ1) is 49.2. The molecule has 3 aromatic heterocycles. The van der Waals surface area contributed by atoms with Gasteiger partial charge in [-0.25, -0.2) is 19.4 Å². The number of imide groups is 2. The third kappa shape index (κ3) is 11.5. The van der Waals surface area contributed by atoms with Crippen LogP contribution in [0.5, 0.6) is 0 Å². The number of urea groups is 1. The van der Waals surface area contributed by atoms with E-state index in [1.54, 1.807) is 36.4 Å². The predicted octanol–water partition coefficient (Wildman–Crippen LogP) is 2.66. The van der Waals surface area contributed by atoms with E-state index >= 15 is 0 Å². The molecule has 0 spiro atoms. The summed E-state index contributed by atoms with van der Waals surface area (Å²) in [6.45, 7) is 0.300. The molecule has 3 aliphatic heterocycles. The summed E-state index contributed by atoms with van der Waals surface area (Å²) in [6.07, 6.45) is -0.625. The molecule has 8 rings (SSSR count). The molecular formula is C45H45F3N12O11. The molecular weight excluding hydrogens is 942 g/mol. The lowest BCUT2D eigenvalue weighted by Gasteiger charge is -2.27. The average Bonchev–Trinajstić information content (AvgIpc) is 4.15. The average molecular weight is 987 g/mol. The Morgan fingerprint density at radius 1 is 0.901 bits per heavy atom. The van der Waals surface area contributed by atoms with Crippen LogP contribution in [0.25, 0.3) is 17.1 Å². The molecule has 6 heterocycles. The fourth-order valence-electron chi connectivity index (χ4n) is 7.79. The number of nitrogens with zero attached hydrogens (tertiary/aromatic N) is 7. The minimum Gasteiger partial charge on any atom is -0.444 e. The molecule has 0 radical (unpaired) electrons. The molecule has 0 saturated carbocycles. The van der Waals surface area contributed by atoms with Crippen molar-refractivity contribution >= 4 is 64.5 Å². The third-order valence-electron chi connectivity index (χ3n) is 11.2. The Balaban J connectivity index is 0.800. The normalized spacial score (nSPS) is 15.9. The van der Waals surface area contributed by atoms with Gasteiger partial charge in [-0.1, -0.05) is 6.07 Å². The van der Waals surface area contributed by atoms with Crippen LogP contribution < -0.4 is 31.5 Å². The van der Waals surface area contributed by atoms with E-state index in [0.717, 1.165) is 11.2 Å². The second-order valence-electron chi connectivity index (χ2n) is 16.0. The molecule has 26 heteroatoms. The summed E-state index contributed by atoms with van der Waals surface area (Å²) in [7, 11) is 0. The molecule has 23 nitrogen and oxygen atoms in total. The van der Waals surface area contributed by atoms with Gasteiger partial charge in [-0.2, -0.15) is 13.2 Å². The van der Waals surface area contributed by atoms with Crippen LogP contribution in [0.3, 0.4) is 0 Å². The molecule has 0 bridgehead atoms. The molecule has 2 fully saturated rings. The number of nitrogens with one attached hydrogen (secondary N) is 5. The molecule has 0 aliphatic carbocycles. The largest absolute Gasteiger partial charge is 0.444 e. The predicted molar refractivity (Wildman–Crippen MR) is 243 cm³/mol. The number of hydrogen-bond acceptors (Lipinski definition) is 16. The zero-order valence-corrected chi connectivity index (χ0v) is 37.5. The fraction of sp³-hybridized carbons (Fsp3) is 0.333. The number of halogens is 3. The van der Waals surface area contributed by atoms with Gasteiger partial charge in [-0.3, -0.25) is 43.9 Å². The number of ether oxygens (including phenoxy) is 2. The summed E-state index contributed by atoms with van der Waals surface area (Å²) >= 11 is 0. The number of amides is 8. The Hall–Kier alpha value is -8.23. The number of aliphatic hydroxyl groups excluding tert-OH is 1. The van der Waals surface area contributed by atoms with Crippen LogP contribution in [0.1, 0.15) is 54.4 Å². The molecule has 6 N–H and O–H groups in total. The molecule has 2 aromatic carbocycles. The van der Waals surface area contributed by atoms with E-state index in [9.17, 15) is 51.8 Å². The van der Waals surface area contributed by atoms with Crippen LogP contribution in [-0.2, 0) is 19.1 Å². The Labute approximate surface area is 400 Å². The SMILES string of the molecule is O=C1CCC(N2C(=O)c3cccc(NCCOCCOCCNC(=O)c4ccc(-n5cc(NC(=O)c6coc(-c7ccnc(NCC(F)(F)F)c7)n6)c(N6CCN(CCO)C6=O)n5)cc4)c3C2=O)C(=O)N1. The van der Waals surface area contributed by atoms with Crippen molar-refractivity contribution in [2.24, 2.45) is 0 Å². The highest BCUT2D eigenvalue weighted by Crippen LogP contribution is 2.33. The van der Waals surface area contributed by atoms with Crippen LogP contribution in [0.15, 0.2) is 77.7 Å². The van der Waals surface area contributed by atoms with E-state index in [0.29, 0.717) is 16.9 Å². The van der Waals surface area contributed by atoms with Crippen molar-refractivity contribution in [3.05, 3.63) is 95.6 Å². The van der Waals surface area contributed by atoms with Crippen molar-refractivity contribution in [3.8, 4) is 17.1 Å². The highest BCUT2D eigenvalue weighted by molar-refractivity contribution is 6.25. The molecule has 1 unspecified atom stereocenters. The minimum absolute atomic E-state index is 0.0185. The second-order valence-corrected chi connectivity index (χ2v) is 16.0. The maximum absolute atomic E-state index is 13.5. The van der Waals surface area contributed by atoms with Gasteiger partial charge in [0.05, 0.1) is 56.0 Å².